The lowest BCUT2D eigenvalue weighted by Crippen LogP contribution is -1.98. The van der Waals surface area contributed by atoms with Gasteiger partial charge in [-0.15, -0.1) is 0 Å². The van der Waals surface area contributed by atoms with Crippen molar-refractivity contribution in [2.45, 2.75) is 47.0 Å². The van der Waals surface area contributed by atoms with Crippen LogP contribution in [0.15, 0.2) is 0 Å². The Hall–Kier alpha value is -0.0400. The molecule has 0 aliphatic heterocycles. The van der Waals surface area contributed by atoms with Gasteiger partial charge < -0.3 is 5.73 Å². The molecule has 0 spiro atoms. The Morgan fingerprint density at radius 2 is 1.60 bits per heavy atom. The van der Waals surface area contributed by atoms with Crippen LogP contribution in [0.3, 0.4) is 0 Å². The van der Waals surface area contributed by atoms with E-state index in [1.165, 1.54) is 19.3 Å². The monoisotopic (exact) mass is 145 g/mol. The average molecular weight is 145 g/mol. The van der Waals surface area contributed by atoms with Crippen molar-refractivity contribution >= 4 is 0 Å². The van der Waals surface area contributed by atoms with Gasteiger partial charge in [0.25, 0.3) is 0 Å². The number of rotatable bonds is 4. The molecule has 1 heteroatoms. The summed E-state index contributed by atoms with van der Waals surface area (Å²) in [7, 11) is 0. The van der Waals surface area contributed by atoms with Crippen LogP contribution in [-0.4, -0.2) is 6.54 Å². The Kier molecular flexibility index (Phi) is 14.8. The molecule has 0 saturated carbocycles. The van der Waals surface area contributed by atoms with E-state index < -0.39 is 0 Å². The van der Waals surface area contributed by atoms with Crippen molar-refractivity contribution in [3.63, 3.8) is 0 Å². The maximum atomic E-state index is 5.31. The molecule has 0 fully saturated rings. The minimum atomic E-state index is 0.849. The zero-order valence-corrected chi connectivity index (χ0v) is 7.98. The summed E-state index contributed by atoms with van der Waals surface area (Å²) in [6.45, 7) is 9.35. The van der Waals surface area contributed by atoms with Crippen molar-refractivity contribution in [1.82, 2.24) is 0 Å². The summed E-state index contributed by atoms with van der Waals surface area (Å²) >= 11 is 0. The van der Waals surface area contributed by atoms with Gasteiger partial charge in [-0.05, 0) is 18.9 Å². The van der Waals surface area contributed by atoms with Crippen molar-refractivity contribution in [1.29, 1.82) is 0 Å². The molecular formula is C9H23N. The zero-order chi connectivity index (χ0) is 8.41. The van der Waals surface area contributed by atoms with E-state index in [4.69, 9.17) is 5.73 Å². The lowest BCUT2D eigenvalue weighted by molar-refractivity contribution is 0.541. The quantitative estimate of drug-likeness (QED) is 0.605. The topological polar surface area (TPSA) is 26.0 Å². The first-order valence-electron chi connectivity index (χ1n) is 4.47. The van der Waals surface area contributed by atoms with E-state index in [1.807, 2.05) is 13.8 Å². The predicted octanol–water partition coefficient (Wildman–Crippen LogP) is 2.80. The summed E-state index contributed by atoms with van der Waals surface area (Å²) in [5.41, 5.74) is 5.31. The van der Waals surface area contributed by atoms with E-state index in [0.717, 1.165) is 12.5 Å². The maximum Gasteiger partial charge on any atom is -0.00773 e. The molecule has 0 saturated heterocycles. The Labute approximate surface area is 66.0 Å². The van der Waals surface area contributed by atoms with Crippen LogP contribution in [0.5, 0.6) is 0 Å². The van der Waals surface area contributed by atoms with Crippen molar-refractivity contribution in [3.8, 4) is 0 Å². The van der Waals surface area contributed by atoms with E-state index in [0.29, 0.717) is 0 Å². The van der Waals surface area contributed by atoms with Crippen LogP contribution in [0.4, 0.5) is 0 Å². The fourth-order valence-electron chi connectivity index (χ4n) is 0.697. The Morgan fingerprint density at radius 1 is 1.10 bits per heavy atom. The van der Waals surface area contributed by atoms with Crippen LogP contribution >= 0.6 is 0 Å². The summed E-state index contributed by atoms with van der Waals surface area (Å²) in [5, 5.41) is 0. The molecule has 0 heterocycles. The van der Waals surface area contributed by atoms with E-state index in [2.05, 4.69) is 13.8 Å². The molecule has 2 N–H and O–H groups in total. The highest BCUT2D eigenvalue weighted by molar-refractivity contribution is 4.45. The van der Waals surface area contributed by atoms with Gasteiger partial charge >= 0.3 is 0 Å². The first-order chi connectivity index (χ1) is 4.77. The van der Waals surface area contributed by atoms with Gasteiger partial charge in [0.15, 0.2) is 0 Å². The van der Waals surface area contributed by atoms with Gasteiger partial charge in [0.2, 0.25) is 0 Å². The second kappa shape index (κ2) is 11.7. The van der Waals surface area contributed by atoms with Crippen molar-refractivity contribution in [3.05, 3.63) is 0 Å². The van der Waals surface area contributed by atoms with Gasteiger partial charge in [-0.25, -0.2) is 0 Å². The number of hydrogen-bond acceptors (Lipinski definition) is 1. The van der Waals surface area contributed by atoms with Crippen LogP contribution < -0.4 is 5.73 Å². The molecule has 64 valence electrons. The van der Waals surface area contributed by atoms with Crippen LogP contribution in [-0.2, 0) is 0 Å². The third-order valence-corrected chi connectivity index (χ3v) is 1.24. The summed E-state index contributed by atoms with van der Waals surface area (Å²) in [4.78, 5) is 0. The van der Waals surface area contributed by atoms with Gasteiger partial charge in [-0.1, -0.05) is 40.5 Å². The molecule has 0 aliphatic rings. The number of hydrogen-bond donors (Lipinski definition) is 1. The van der Waals surface area contributed by atoms with Crippen molar-refractivity contribution in [2.24, 2.45) is 11.7 Å². The second-order valence-electron chi connectivity index (χ2n) is 2.68. The van der Waals surface area contributed by atoms with Crippen LogP contribution in [0, 0.1) is 5.92 Å². The first kappa shape index (κ1) is 12.6. The zero-order valence-electron chi connectivity index (χ0n) is 7.98. The van der Waals surface area contributed by atoms with Gasteiger partial charge in [0.05, 0.1) is 0 Å². The van der Waals surface area contributed by atoms with E-state index in [9.17, 15) is 0 Å². The fraction of sp³-hybridized carbons (Fsp3) is 1.00. The van der Waals surface area contributed by atoms with Crippen molar-refractivity contribution < 1.29 is 0 Å². The highest BCUT2D eigenvalue weighted by atomic mass is 14.5. The Balaban J connectivity index is 0. The Morgan fingerprint density at radius 3 is 1.90 bits per heavy atom. The molecule has 0 aromatic rings. The standard InChI is InChI=1S/C7H17N.C2H6/c1-7(2)5-3-4-6-8;1-2/h7H,3-6,8H2,1-2H3;1-2H3. The lowest BCUT2D eigenvalue weighted by atomic mass is 10.1. The summed E-state index contributed by atoms with van der Waals surface area (Å²) < 4.78 is 0. The lowest BCUT2D eigenvalue weighted by Gasteiger charge is -2.00. The predicted molar refractivity (Wildman–Crippen MR) is 49.1 cm³/mol. The molecule has 0 aliphatic carbocycles. The largest absolute Gasteiger partial charge is 0.330 e. The molecule has 0 aromatic carbocycles. The van der Waals surface area contributed by atoms with Gasteiger partial charge in [-0.3, -0.25) is 0 Å². The molecule has 0 amide bonds. The van der Waals surface area contributed by atoms with Crippen LogP contribution in [0.2, 0.25) is 0 Å². The van der Waals surface area contributed by atoms with E-state index in [-0.39, 0.29) is 0 Å². The number of nitrogens with two attached hydrogens (primary N) is 1. The van der Waals surface area contributed by atoms with Gasteiger partial charge in [0.1, 0.15) is 0 Å². The second-order valence-corrected chi connectivity index (χ2v) is 2.68. The molecular weight excluding hydrogens is 122 g/mol. The van der Waals surface area contributed by atoms with E-state index >= 15 is 0 Å². The highest BCUT2D eigenvalue weighted by Gasteiger charge is 1.90. The van der Waals surface area contributed by atoms with Gasteiger partial charge in [0, 0.05) is 0 Å². The average Bonchev–Trinajstić information content (AvgIpc) is 1.92. The first-order valence-corrected chi connectivity index (χ1v) is 4.47. The summed E-state index contributed by atoms with van der Waals surface area (Å²) in [6, 6.07) is 0. The minimum absolute atomic E-state index is 0.849. The molecule has 0 atom stereocenters. The normalized spacial score (nSPS) is 9.00. The molecule has 0 rings (SSSR count). The molecule has 0 radical (unpaired) electrons. The number of unbranched alkanes of at least 4 members (excludes halogenated alkanes) is 1. The van der Waals surface area contributed by atoms with Gasteiger partial charge in [-0.2, -0.15) is 0 Å². The highest BCUT2D eigenvalue weighted by Crippen LogP contribution is 2.04. The van der Waals surface area contributed by atoms with Crippen LogP contribution in [0.1, 0.15) is 47.0 Å². The molecule has 1 nitrogen and oxygen atoms in total. The van der Waals surface area contributed by atoms with Crippen molar-refractivity contribution in [2.75, 3.05) is 6.54 Å². The van der Waals surface area contributed by atoms with E-state index in [1.54, 1.807) is 0 Å². The fourth-order valence-corrected chi connectivity index (χ4v) is 0.697. The minimum Gasteiger partial charge on any atom is -0.330 e. The molecule has 0 bridgehead atoms. The molecule has 10 heavy (non-hydrogen) atoms. The Bertz CT molecular complexity index is 42.0. The maximum absolute atomic E-state index is 5.31. The smallest absolute Gasteiger partial charge is 0.00773 e. The molecule has 0 aromatic heterocycles. The summed E-state index contributed by atoms with van der Waals surface area (Å²) in [5.74, 6) is 0.849. The third kappa shape index (κ3) is 15.7. The van der Waals surface area contributed by atoms with Crippen LogP contribution in [0.25, 0.3) is 0 Å². The SMILES string of the molecule is CC.CC(C)CCCCN. The third-order valence-electron chi connectivity index (χ3n) is 1.24. The summed E-state index contributed by atoms with van der Waals surface area (Å²) in [6.07, 6.45) is 3.82. The molecule has 0 unspecified atom stereocenters.